The van der Waals surface area contributed by atoms with Crippen molar-refractivity contribution in [1.29, 1.82) is 0 Å². The number of carboxylic acids is 1. The maximum Gasteiger partial charge on any atom is 0.326 e. The number of anilines is 1. The Balaban J connectivity index is 2.12. The van der Waals surface area contributed by atoms with Crippen LogP contribution in [0, 0.1) is 5.92 Å². The van der Waals surface area contributed by atoms with Gasteiger partial charge in [0.15, 0.2) is 5.82 Å². The predicted octanol–water partition coefficient (Wildman–Crippen LogP) is 4.23. The van der Waals surface area contributed by atoms with E-state index in [-0.39, 0.29) is 5.92 Å². The lowest BCUT2D eigenvalue weighted by Gasteiger charge is -2.21. The van der Waals surface area contributed by atoms with Crippen molar-refractivity contribution in [3.63, 3.8) is 0 Å². The molecule has 0 fully saturated rings. The Labute approximate surface area is 156 Å². The lowest BCUT2D eigenvalue weighted by atomic mass is 9.99. The van der Waals surface area contributed by atoms with Crippen LogP contribution in [0.15, 0.2) is 30.6 Å². The molecule has 2 N–H and O–H groups in total. The highest BCUT2D eigenvalue weighted by atomic mass is 32.1. The molecule has 2 atom stereocenters. The van der Waals surface area contributed by atoms with Gasteiger partial charge in [0, 0.05) is 22.8 Å². The smallest absolute Gasteiger partial charge is 0.326 e. The number of aromatic nitrogens is 3. The highest BCUT2D eigenvalue weighted by Crippen LogP contribution is 2.32. The van der Waals surface area contributed by atoms with E-state index in [9.17, 15) is 9.90 Å². The van der Waals surface area contributed by atoms with Crippen LogP contribution in [0.4, 0.5) is 5.82 Å². The SMILES string of the molecule is CCc1cc2c(NC(C(=O)O)C(C)CC)nc(-c3cccnc3)nc2s1. The summed E-state index contributed by atoms with van der Waals surface area (Å²) in [6.45, 7) is 6.00. The van der Waals surface area contributed by atoms with Crippen LogP contribution in [0.1, 0.15) is 32.1 Å². The molecule has 3 aromatic rings. The summed E-state index contributed by atoms with van der Waals surface area (Å²) in [7, 11) is 0. The monoisotopic (exact) mass is 370 g/mol. The first-order valence-corrected chi connectivity index (χ1v) is 9.55. The minimum atomic E-state index is -0.875. The lowest BCUT2D eigenvalue weighted by Crippen LogP contribution is -2.35. The van der Waals surface area contributed by atoms with E-state index in [2.05, 4.69) is 27.2 Å². The molecule has 136 valence electrons. The fourth-order valence-corrected chi connectivity index (χ4v) is 3.68. The largest absolute Gasteiger partial charge is 0.480 e. The van der Waals surface area contributed by atoms with Crippen LogP contribution in [-0.4, -0.2) is 32.1 Å². The van der Waals surface area contributed by atoms with Crippen LogP contribution in [0.25, 0.3) is 21.6 Å². The number of thiophene rings is 1. The van der Waals surface area contributed by atoms with E-state index in [1.165, 1.54) is 4.88 Å². The van der Waals surface area contributed by atoms with E-state index in [4.69, 9.17) is 0 Å². The standard InChI is InChI=1S/C19H22N4O2S/c1-4-11(3)15(19(24)25)21-17-14-9-13(5-2)26-18(14)23-16(22-17)12-7-6-8-20-10-12/h6-11,15H,4-5H2,1-3H3,(H,24,25)(H,21,22,23). The summed E-state index contributed by atoms with van der Waals surface area (Å²) in [5.41, 5.74) is 0.805. The van der Waals surface area contributed by atoms with Gasteiger partial charge in [-0.05, 0) is 30.5 Å². The third kappa shape index (κ3) is 3.67. The van der Waals surface area contributed by atoms with Gasteiger partial charge in [-0.3, -0.25) is 4.98 Å². The third-order valence-electron chi connectivity index (χ3n) is 4.48. The van der Waals surface area contributed by atoms with Gasteiger partial charge in [0.05, 0.1) is 5.39 Å². The summed E-state index contributed by atoms with van der Waals surface area (Å²) < 4.78 is 0. The first-order valence-electron chi connectivity index (χ1n) is 8.73. The molecule has 2 unspecified atom stereocenters. The molecule has 3 heterocycles. The number of carbonyl (C=O) groups is 1. The zero-order chi connectivity index (χ0) is 18.7. The topological polar surface area (TPSA) is 88.0 Å². The van der Waals surface area contributed by atoms with Crippen LogP contribution in [0.2, 0.25) is 0 Å². The summed E-state index contributed by atoms with van der Waals surface area (Å²) >= 11 is 1.61. The Hall–Kier alpha value is -2.54. The molecule has 6 nitrogen and oxygen atoms in total. The molecule has 3 aromatic heterocycles. The van der Waals surface area contributed by atoms with Gasteiger partial charge in [-0.15, -0.1) is 11.3 Å². The fourth-order valence-electron chi connectivity index (χ4n) is 2.71. The van der Waals surface area contributed by atoms with Crippen molar-refractivity contribution in [2.24, 2.45) is 5.92 Å². The van der Waals surface area contributed by atoms with Gasteiger partial charge in [-0.1, -0.05) is 27.2 Å². The summed E-state index contributed by atoms with van der Waals surface area (Å²) in [5, 5.41) is 13.7. The molecule has 0 saturated carbocycles. The minimum absolute atomic E-state index is 0.0244. The summed E-state index contributed by atoms with van der Waals surface area (Å²) in [6, 6.07) is 5.08. The quantitative estimate of drug-likeness (QED) is 0.647. The van der Waals surface area contributed by atoms with E-state index in [0.717, 1.165) is 28.6 Å². The number of hydrogen-bond donors (Lipinski definition) is 2. The van der Waals surface area contributed by atoms with E-state index < -0.39 is 12.0 Å². The Morgan fingerprint density at radius 1 is 1.35 bits per heavy atom. The molecule has 3 rings (SSSR count). The zero-order valence-electron chi connectivity index (χ0n) is 15.1. The second kappa shape index (κ2) is 7.78. The van der Waals surface area contributed by atoms with Crippen LogP contribution in [0.3, 0.4) is 0 Å². The minimum Gasteiger partial charge on any atom is -0.480 e. The van der Waals surface area contributed by atoms with Crippen molar-refractivity contribution in [2.75, 3.05) is 5.32 Å². The molecule has 0 spiro atoms. The fraction of sp³-hybridized carbons (Fsp3) is 0.368. The number of nitrogens with zero attached hydrogens (tertiary/aromatic N) is 3. The molecule has 0 aliphatic heterocycles. The van der Waals surface area contributed by atoms with Crippen molar-refractivity contribution in [3.05, 3.63) is 35.5 Å². The number of aryl methyl sites for hydroxylation is 1. The van der Waals surface area contributed by atoms with Crippen molar-refractivity contribution < 1.29 is 9.90 Å². The first kappa shape index (κ1) is 18.3. The van der Waals surface area contributed by atoms with Crippen LogP contribution < -0.4 is 5.32 Å². The first-order chi connectivity index (χ1) is 12.5. The second-order valence-corrected chi connectivity index (χ2v) is 7.38. The Bertz CT molecular complexity index is 911. The molecule has 26 heavy (non-hydrogen) atoms. The number of pyridine rings is 1. The molecule has 0 aliphatic rings. The highest BCUT2D eigenvalue weighted by Gasteiger charge is 2.25. The number of rotatable bonds is 7. The zero-order valence-corrected chi connectivity index (χ0v) is 15.9. The molecule has 0 aromatic carbocycles. The van der Waals surface area contributed by atoms with Crippen LogP contribution in [0.5, 0.6) is 0 Å². The molecule has 7 heteroatoms. The normalized spacial score (nSPS) is 13.5. The van der Waals surface area contributed by atoms with Gasteiger partial charge in [0.25, 0.3) is 0 Å². The average molecular weight is 370 g/mol. The summed E-state index contributed by atoms with van der Waals surface area (Å²) in [4.78, 5) is 27.2. The molecular weight excluding hydrogens is 348 g/mol. The number of hydrogen-bond acceptors (Lipinski definition) is 6. The number of nitrogens with one attached hydrogen (secondary N) is 1. The van der Waals surface area contributed by atoms with Crippen LogP contribution in [-0.2, 0) is 11.2 Å². The summed E-state index contributed by atoms with van der Waals surface area (Å²) in [5.74, 6) is 0.215. The van der Waals surface area contributed by atoms with Gasteiger partial charge in [0.2, 0.25) is 0 Å². The Morgan fingerprint density at radius 3 is 2.77 bits per heavy atom. The van der Waals surface area contributed by atoms with Gasteiger partial charge in [-0.25, -0.2) is 14.8 Å². The third-order valence-corrected chi connectivity index (χ3v) is 5.66. The molecule has 0 saturated heterocycles. The maximum absolute atomic E-state index is 11.7. The second-order valence-electron chi connectivity index (χ2n) is 6.27. The van der Waals surface area contributed by atoms with Crippen molar-refractivity contribution in [1.82, 2.24) is 15.0 Å². The van der Waals surface area contributed by atoms with Gasteiger partial charge >= 0.3 is 5.97 Å². The molecule has 0 aliphatic carbocycles. The van der Waals surface area contributed by atoms with Crippen LogP contribution >= 0.6 is 11.3 Å². The number of carboxylic acid groups (broad SMARTS) is 1. The number of fused-ring (bicyclic) bond motifs is 1. The van der Waals surface area contributed by atoms with Crippen molar-refractivity contribution in [2.45, 2.75) is 39.7 Å². The molecule has 0 radical (unpaired) electrons. The predicted molar refractivity (Wildman–Crippen MR) is 105 cm³/mol. The maximum atomic E-state index is 11.7. The van der Waals surface area contributed by atoms with E-state index in [1.807, 2.05) is 32.0 Å². The van der Waals surface area contributed by atoms with E-state index in [0.29, 0.717) is 11.6 Å². The molecule has 0 amide bonds. The lowest BCUT2D eigenvalue weighted by molar-refractivity contribution is -0.139. The van der Waals surface area contributed by atoms with E-state index in [1.54, 1.807) is 23.7 Å². The average Bonchev–Trinajstić information content (AvgIpc) is 3.09. The highest BCUT2D eigenvalue weighted by molar-refractivity contribution is 7.18. The van der Waals surface area contributed by atoms with Gasteiger partial charge < -0.3 is 10.4 Å². The van der Waals surface area contributed by atoms with Crippen molar-refractivity contribution >= 4 is 33.3 Å². The van der Waals surface area contributed by atoms with Gasteiger partial charge in [-0.2, -0.15) is 0 Å². The molecular formula is C19H22N4O2S. The van der Waals surface area contributed by atoms with Gasteiger partial charge in [0.1, 0.15) is 16.7 Å². The molecule has 0 bridgehead atoms. The van der Waals surface area contributed by atoms with E-state index >= 15 is 0 Å². The number of aliphatic carboxylic acids is 1. The Kier molecular flexibility index (Phi) is 5.46. The Morgan fingerprint density at radius 2 is 2.15 bits per heavy atom. The summed E-state index contributed by atoms with van der Waals surface area (Å²) in [6.07, 6.45) is 5.07. The van der Waals surface area contributed by atoms with Crippen molar-refractivity contribution in [3.8, 4) is 11.4 Å².